The van der Waals surface area contributed by atoms with E-state index < -0.39 is 10.0 Å². The van der Waals surface area contributed by atoms with Crippen LogP contribution >= 0.6 is 11.6 Å². The van der Waals surface area contributed by atoms with Crippen molar-refractivity contribution in [3.05, 3.63) is 71.4 Å². The fraction of sp³-hybridized carbons (Fsp3) is 0.259. The van der Waals surface area contributed by atoms with E-state index in [1.54, 1.807) is 42.6 Å². The number of hydrogen-bond donors (Lipinski definition) is 3. The van der Waals surface area contributed by atoms with Crippen LogP contribution in [0.1, 0.15) is 23.2 Å². The third-order valence-electron chi connectivity index (χ3n) is 6.42. The molecule has 11 nitrogen and oxygen atoms in total. The summed E-state index contributed by atoms with van der Waals surface area (Å²) in [7, 11) is -2.65. The van der Waals surface area contributed by atoms with Gasteiger partial charge in [0.25, 0.3) is 15.9 Å². The zero-order valence-corrected chi connectivity index (χ0v) is 23.3. The van der Waals surface area contributed by atoms with Crippen molar-refractivity contribution < 1.29 is 17.9 Å². The van der Waals surface area contributed by atoms with E-state index in [4.69, 9.17) is 16.3 Å². The first-order valence-electron chi connectivity index (χ1n) is 12.7. The summed E-state index contributed by atoms with van der Waals surface area (Å²) in [5.41, 5.74) is 1.35. The zero-order valence-electron chi connectivity index (χ0n) is 21.7. The molecule has 1 saturated heterocycles. The molecule has 4 aromatic rings. The number of carbonyl (C=O) groups excluding carboxylic acids is 1. The van der Waals surface area contributed by atoms with E-state index in [9.17, 15) is 13.2 Å². The number of methoxy groups -OCH3 is 1. The molecule has 2 aromatic heterocycles. The van der Waals surface area contributed by atoms with Gasteiger partial charge in [-0.1, -0.05) is 17.7 Å². The molecule has 40 heavy (non-hydrogen) atoms. The van der Waals surface area contributed by atoms with Gasteiger partial charge in [0.2, 0.25) is 0 Å². The second-order valence-electron chi connectivity index (χ2n) is 9.18. The lowest BCUT2D eigenvalue weighted by Gasteiger charge is -2.16. The third-order valence-corrected chi connectivity index (χ3v) is 8.08. The number of benzene rings is 2. The first-order valence-corrected chi connectivity index (χ1v) is 14.6. The number of rotatable bonds is 10. The summed E-state index contributed by atoms with van der Waals surface area (Å²) in [5, 5.41) is 6.27. The van der Waals surface area contributed by atoms with Crippen molar-refractivity contribution in [2.45, 2.75) is 17.7 Å². The number of ether oxygens (including phenoxy) is 1. The number of pyridine rings is 1. The molecule has 0 unspecified atom stereocenters. The largest absolute Gasteiger partial charge is 0.497 e. The normalized spacial score (nSPS) is 13.8. The minimum atomic E-state index is -4.17. The van der Waals surface area contributed by atoms with Crippen molar-refractivity contribution in [3.63, 3.8) is 0 Å². The lowest BCUT2D eigenvalue weighted by Crippen LogP contribution is -2.33. The number of hydrogen-bond acceptors (Lipinski definition) is 9. The number of fused-ring (bicyclic) bond motifs is 1. The molecular weight excluding hydrogens is 554 g/mol. The van der Waals surface area contributed by atoms with E-state index in [0.29, 0.717) is 34.2 Å². The molecule has 3 heterocycles. The number of sulfonamides is 1. The maximum absolute atomic E-state index is 13.5. The summed E-state index contributed by atoms with van der Waals surface area (Å²) in [6, 6.07) is 14.2. The molecule has 0 saturated carbocycles. The van der Waals surface area contributed by atoms with Crippen LogP contribution in [0.2, 0.25) is 5.02 Å². The van der Waals surface area contributed by atoms with Gasteiger partial charge in [-0.2, -0.15) is 0 Å². The van der Waals surface area contributed by atoms with E-state index in [0.717, 1.165) is 19.6 Å². The minimum absolute atomic E-state index is 0.0696. The third kappa shape index (κ3) is 6.41. The van der Waals surface area contributed by atoms with Crippen LogP contribution in [0.25, 0.3) is 11.2 Å². The molecule has 1 fully saturated rings. The van der Waals surface area contributed by atoms with Gasteiger partial charge in [-0.25, -0.2) is 23.4 Å². The first kappa shape index (κ1) is 27.6. The molecule has 3 N–H and O–H groups in total. The summed E-state index contributed by atoms with van der Waals surface area (Å²) in [4.78, 5) is 28.1. The van der Waals surface area contributed by atoms with Gasteiger partial charge in [0.05, 0.1) is 22.7 Å². The van der Waals surface area contributed by atoms with Gasteiger partial charge < -0.3 is 20.3 Å². The highest BCUT2D eigenvalue weighted by Gasteiger charge is 2.21. The maximum Gasteiger partial charge on any atom is 0.263 e. The van der Waals surface area contributed by atoms with Gasteiger partial charge >= 0.3 is 0 Å². The molecule has 2 aromatic carbocycles. The predicted octanol–water partition coefficient (Wildman–Crippen LogP) is 4.06. The second kappa shape index (κ2) is 12.0. The summed E-state index contributed by atoms with van der Waals surface area (Å²) in [6.45, 7) is 3.30. The van der Waals surface area contributed by atoms with Gasteiger partial charge in [-0.05, 0) is 68.4 Å². The van der Waals surface area contributed by atoms with E-state index in [1.807, 2.05) is 0 Å². The Kier molecular flexibility index (Phi) is 8.29. The van der Waals surface area contributed by atoms with E-state index in [-0.39, 0.29) is 28.0 Å². The molecule has 5 rings (SSSR count). The van der Waals surface area contributed by atoms with Crippen LogP contribution in [0.3, 0.4) is 0 Å². The van der Waals surface area contributed by atoms with Crippen molar-refractivity contribution in [2.75, 3.05) is 43.3 Å². The molecule has 0 atom stereocenters. The van der Waals surface area contributed by atoms with Crippen LogP contribution < -0.4 is 20.1 Å². The Morgan fingerprint density at radius 3 is 2.67 bits per heavy atom. The second-order valence-corrected chi connectivity index (χ2v) is 11.3. The van der Waals surface area contributed by atoms with Gasteiger partial charge in [0, 0.05) is 30.9 Å². The molecule has 13 heteroatoms. The maximum atomic E-state index is 13.5. The van der Waals surface area contributed by atoms with Crippen molar-refractivity contribution in [1.29, 1.82) is 0 Å². The molecule has 0 bridgehead atoms. The molecule has 1 aliphatic heterocycles. The Balaban J connectivity index is 1.40. The highest BCUT2D eigenvalue weighted by atomic mass is 35.5. The Morgan fingerprint density at radius 1 is 1.05 bits per heavy atom. The number of anilines is 3. The van der Waals surface area contributed by atoms with Gasteiger partial charge in [-0.3, -0.25) is 9.52 Å². The monoisotopic (exact) mass is 581 g/mol. The van der Waals surface area contributed by atoms with Crippen molar-refractivity contribution >= 4 is 56.0 Å². The highest BCUT2D eigenvalue weighted by Crippen LogP contribution is 2.32. The number of amides is 1. The van der Waals surface area contributed by atoms with Crippen LogP contribution in [0.5, 0.6) is 5.75 Å². The van der Waals surface area contributed by atoms with Crippen molar-refractivity contribution in [1.82, 2.24) is 25.2 Å². The fourth-order valence-electron chi connectivity index (χ4n) is 4.33. The first-order chi connectivity index (χ1) is 19.3. The fourth-order valence-corrected chi connectivity index (χ4v) is 5.55. The van der Waals surface area contributed by atoms with E-state index in [2.05, 4.69) is 35.2 Å². The Labute approximate surface area is 237 Å². The number of nitrogens with zero attached hydrogens (tertiary/aromatic N) is 4. The molecule has 208 valence electrons. The zero-order chi connectivity index (χ0) is 28.1. The van der Waals surface area contributed by atoms with Crippen LogP contribution in [-0.2, 0) is 10.0 Å². The smallest absolute Gasteiger partial charge is 0.263 e. The van der Waals surface area contributed by atoms with Gasteiger partial charge in [0.15, 0.2) is 17.3 Å². The summed E-state index contributed by atoms with van der Waals surface area (Å²) >= 11 is 6.36. The van der Waals surface area contributed by atoms with Crippen LogP contribution in [-0.4, -0.2) is 67.5 Å². The molecule has 0 aliphatic carbocycles. The van der Waals surface area contributed by atoms with Crippen LogP contribution in [0, 0.1) is 0 Å². The van der Waals surface area contributed by atoms with Crippen molar-refractivity contribution in [3.8, 4) is 5.75 Å². The highest BCUT2D eigenvalue weighted by molar-refractivity contribution is 7.92. The summed E-state index contributed by atoms with van der Waals surface area (Å²) < 4.78 is 34.7. The average Bonchev–Trinajstić information content (AvgIpc) is 3.48. The number of carbonyl (C=O) groups is 1. The number of aromatic nitrogens is 3. The number of halogens is 1. The van der Waals surface area contributed by atoms with E-state index >= 15 is 0 Å². The minimum Gasteiger partial charge on any atom is -0.497 e. The van der Waals surface area contributed by atoms with Gasteiger partial charge in [0.1, 0.15) is 11.3 Å². The SMILES string of the molecule is COc1ccc(Cl)c(Nc2nc3ncccc3nc2NS(=O)(=O)c2cccc(C(=O)NCCN3CCCC3)c2)c1. The molecule has 0 radical (unpaired) electrons. The summed E-state index contributed by atoms with van der Waals surface area (Å²) in [5.74, 6) is 0.208. The molecule has 0 spiro atoms. The quantitative estimate of drug-likeness (QED) is 0.253. The Bertz CT molecular complexity index is 1650. The predicted molar refractivity (Wildman–Crippen MR) is 154 cm³/mol. The molecular formula is C27H28ClN7O4S. The van der Waals surface area contributed by atoms with Crippen molar-refractivity contribution in [2.24, 2.45) is 0 Å². The Morgan fingerprint density at radius 2 is 1.88 bits per heavy atom. The standard InChI is InChI=1S/C27H28ClN7O4S/c1-39-19-9-10-21(28)23(17-19)32-25-26(31-22-8-5-11-29-24(22)33-25)34-40(37,38)20-7-4-6-18(16-20)27(36)30-12-15-35-13-2-3-14-35/h4-11,16-17H,2-3,12-15H2,1H3,(H,30,36)(H,31,34)(H,29,32,33). The number of nitrogens with one attached hydrogen (secondary N) is 3. The summed E-state index contributed by atoms with van der Waals surface area (Å²) in [6.07, 6.45) is 3.90. The van der Waals surface area contributed by atoms with E-state index in [1.165, 1.54) is 38.2 Å². The Hall–Kier alpha value is -4.00. The average molecular weight is 582 g/mol. The van der Waals surface area contributed by atoms with Crippen LogP contribution in [0.15, 0.2) is 65.7 Å². The molecule has 1 aliphatic rings. The lowest BCUT2D eigenvalue weighted by molar-refractivity contribution is 0.0949. The van der Waals surface area contributed by atoms with Gasteiger partial charge in [-0.15, -0.1) is 0 Å². The van der Waals surface area contributed by atoms with Crippen LogP contribution in [0.4, 0.5) is 17.3 Å². The lowest BCUT2D eigenvalue weighted by atomic mass is 10.2. The topological polar surface area (TPSA) is 138 Å². The number of likely N-dealkylation sites (tertiary alicyclic amines) is 1. The molecule has 1 amide bonds.